The largest absolute Gasteiger partial charge is 0.493 e. The van der Waals surface area contributed by atoms with Gasteiger partial charge >= 0.3 is 0 Å². The Bertz CT molecular complexity index is 835. The summed E-state index contributed by atoms with van der Waals surface area (Å²) in [6, 6.07) is 2.24. The lowest BCUT2D eigenvalue weighted by atomic mass is 9.56. The second-order valence-corrected chi connectivity index (χ2v) is 8.20. The number of carbonyl (C=O) groups is 1. The lowest BCUT2D eigenvalue weighted by Crippen LogP contribution is -2.62. The molecule has 2 bridgehead atoms. The SMILES string of the molecule is COc1cc(Br)c2c3c1OC1C(=O)C(OC)C=C4C(C2)N(C)CC[C@@]431. The summed E-state index contributed by atoms with van der Waals surface area (Å²) in [4.78, 5) is 15.5. The first kappa shape index (κ1) is 15.9. The van der Waals surface area contributed by atoms with E-state index in [1.165, 1.54) is 11.1 Å². The van der Waals surface area contributed by atoms with Crippen LogP contribution in [0.3, 0.4) is 0 Å². The van der Waals surface area contributed by atoms with Gasteiger partial charge in [0.05, 0.1) is 12.5 Å². The minimum absolute atomic E-state index is 0.0109. The average molecular weight is 406 g/mol. The minimum atomic E-state index is -0.535. The van der Waals surface area contributed by atoms with Crippen molar-refractivity contribution in [3.8, 4) is 11.5 Å². The normalized spacial score (nSPS) is 35.1. The molecule has 4 aliphatic rings. The Balaban J connectivity index is 1.86. The van der Waals surface area contributed by atoms with E-state index in [9.17, 15) is 4.79 Å². The quantitative estimate of drug-likeness (QED) is 0.706. The number of benzene rings is 1. The van der Waals surface area contributed by atoms with Crippen LogP contribution in [0.15, 0.2) is 22.2 Å². The maximum Gasteiger partial charge on any atom is 0.207 e. The molecular weight excluding hydrogens is 386 g/mol. The number of hydrogen-bond acceptors (Lipinski definition) is 5. The predicted molar refractivity (Wildman–Crippen MR) is 95.4 cm³/mol. The number of likely N-dealkylation sites (N-methyl/N-ethyl adjacent to an activating group) is 1. The van der Waals surface area contributed by atoms with Crippen molar-refractivity contribution in [3.05, 3.63) is 33.3 Å². The molecule has 2 aliphatic carbocycles. The van der Waals surface area contributed by atoms with Gasteiger partial charge in [-0.05, 0) is 49.7 Å². The summed E-state index contributed by atoms with van der Waals surface area (Å²) in [5.41, 5.74) is 3.31. The second kappa shape index (κ2) is 5.09. The topological polar surface area (TPSA) is 48.0 Å². The van der Waals surface area contributed by atoms with Crippen LogP contribution in [0.4, 0.5) is 0 Å². The Morgan fingerprint density at radius 3 is 2.92 bits per heavy atom. The summed E-state index contributed by atoms with van der Waals surface area (Å²) in [5.74, 6) is 1.44. The molecule has 2 heterocycles. The van der Waals surface area contributed by atoms with Crippen LogP contribution in [0.1, 0.15) is 17.5 Å². The molecule has 3 unspecified atom stereocenters. The number of ether oxygens (including phenoxy) is 3. The third-order valence-electron chi connectivity index (χ3n) is 6.43. The van der Waals surface area contributed by atoms with E-state index in [1.54, 1.807) is 14.2 Å². The van der Waals surface area contributed by atoms with Gasteiger partial charge in [-0.3, -0.25) is 9.69 Å². The van der Waals surface area contributed by atoms with Crippen molar-refractivity contribution in [1.82, 2.24) is 4.90 Å². The summed E-state index contributed by atoms with van der Waals surface area (Å²) in [5, 5.41) is 0. The molecule has 2 aliphatic heterocycles. The van der Waals surface area contributed by atoms with Crippen molar-refractivity contribution in [2.75, 3.05) is 27.8 Å². The fraction of sp³-hybridized carbons (Fsp3) is 0.526. The summed E-state index contributed by atoms with van der Waals surface area (Å²) in [7, 11) is 5.39. The molecule has 0 N–H and O–H groups in total. The predicted octanol–water partition coefficient (Wildman–Crippen LogP) is 2.24. The Hall–Kier alpha value is -1.37. The van der Waals surface area contributed by atoms with E-state index in [4.69, 9.17) is 14.2 Å². The van der Waals surface area contributed by atoms with Gasteiger partial charge in [0.2, 0.25) is 5.78 Å². The average Bonchev–Trinajstić information content (AvgIpc) is 2.95. The molecule has 0 aromatic heterocycles. The summed E-state index contributed by atoms with van der Waals surface area (Å²) < 4.78 is 18.4. The Morgan fingerprint density at radius 2 is 2.20 bits per heavy atom. The van der Waals surface area contributed by atoms with Crippen LogP contribution >= 0.6 is 15.9 Å². The van der Waals surface area contributed by atoms with Crippen LogP contribution in [0.25, 0.3) is 0 Å². The highest BCUT2D eigenvalue weighted by Crippen LogP contribution is 2.62. The number of likely N-dealkylation sites (tertiary alicyclic amines) is 1. The highest BCUT2D eigenvalue weighted by atomic mass is 79.9. The molecule has 6 heteroatoms. The second-order valence-electron chi connectivity index (χ2n) is 7.34. The van der Waals surface area contributed by atoms with Crippen LogP contribution in [0, 0.1) is 0 Å². The standard InChI is InChI=1S/C19H20BrNO4/c1-21-5-4-19-10-7-13(23-2)16(22)18(19)25-17-14(24-3)8-11(20)9(15(17)19)6-12(10)21/h7-8,12-13,18H,4-6H2,1-3H3/t12?,13?,18?,19-/m1/s1. The molecule has 0 amide bonds. The van der Waals surface area contributed by atoms with Gasteiger partial charge in [-0.15, -0.1) is 0 Å². The van der Waals surface area contributed by atoms with Gasteiger partial charge in [-0.2, -0.15) is 0 Å². The number of rotatable bonds is 2. The van der Waals surface area contributed by atoms with E-state index in [2.05, 4.69) is 27.9 Å². The zero-order chi connectivity index (χ0) is 17.5. The van der Waals surface area contributed by atoms with Crippen molar-refractivity contribution in [2.24, 2.45) is 0 Å². The fourth-order valence-corrected chi connectivity index (χ4v) is 5.84. The van der Waals surface area contributed by atoms with Gasteiger partial charge < -0.3 is 14.2 Å². The van der Waals surface area contributed by atoms with Gasteiger partial charge in [0.15, 0.2) is 17.6 Å². The molecule has 4 atom stereocenters. The highest BCUT2D eigenvalue weighted by Gasteiger charge is 2.64. The third-order valence-corrected chi connectivity index (χ3v) is 7.14. The molecule has 1 aromatic carbocycles. The zero-order valence-electron chi connectivity index (χ0n) is 14.5. The van der Waals surface area contributed by atoms with Crippen LogP contribution in [-0.4, -0.2) is 56.7 Å². The van der Waals surface area contributed by atoms with Gasteiger partial charge in [-0.1, -0.05) is 15.9 Å². The molecule has 0 radical (unpaired) electrons. The maximum atomic E-state index is 13.1. The van der Waals surface area contributed by atoms with Crippen molar-refractivity contribution < 1.29 is 19.0 Å². The number of halogens is 1. The van der Waals surface area contributed by atoms with Gasteiger partial charge in [0.25, 0.3) is 0 Å². The van der Waals surface area contributed by atoms with E-state index in [1.807, 2.05) is 12.1 Å². The minimum Gasteiger partial charge on any atom is -0.493 e. The molecule has 0 saturated carbocycles. The number of ketones is 1. The summed E-state index contributed by atoms with van der Waals surface area (Å²) in [6.45, 7) is 0.945. The van der Waals surface area contributed by atoms with Crippen molar-refractivity contribution in [2.45, 2.75) is 36.5 Å². The van der Waals surface area contributed by atoms with Gasteiger partial charge in [0, 0.05) is 23.2 Å². The summed E-state index contributed by atoms with van der Waals surface area (Å²) >= 11 is 3.73. The number of piperidine rings is 1. The first-order valence-corrected chi connectivity index (χ1v) is 9.37. The molecule has 1 saturated heterocycles. The molecule has 1 spiro atoms. The van der Waals surface area contributed by atoms with Gasteiger partial charge in [0.1, 0.15) is 6.10 Å². The number of Topliss-reactive ketones (excluding diaryl/α,β-unsaturated/α-hetero) is 1. The van der Waals surface area contributed by atoms with Crippen molar-refractivity contribution in [3.63, 3.8) is 0 Å². The van der Waals surface area contributed by atoms with Crippen LogP contribution < -0.4 is 9.47 Å². The molecule has 1 fully saturated rings. The van der Waals surface area contributed by atoms with Crippen LogP contribution in [0.2, 0.25) is 0 Å². The van der Waals surface area contributed by atoms with E-state index >= 15 is 0 Å². The molecule has 132 valence electrons. The Kier molecular flexibility index (Phi) is 3.22. The van der Waals surface area contributed by atoms with Crippen molar-refractivity contribution in [1.29, 1.82) is 0 Å². The zero-order valence-corrected chi connectivity index (χ0v) is 16.1. The van der Waals surface area contributed by atoms with Crippen LogP contribution in [0.5, 0.6) is 11.5 Å². The first-order valence-electron chi connectivity index (χ1n) is 8.58. The first-order chi connectivity index (χ1) is 12.0. The number of methoxy groups -OCH3 is 2. The van der Waals surface area contributed by atoms with E-state index < -0.39 is 12.2 Å². The molecule has 5 rings (SSSR count). The lowest BCUT2D eigenvalue weighted by molar-refractivity contribution is -0.137. The Morgan fingerprint density at radius 1 is 1.40 bits per heavy atom. The molecular formula is C19H20BrNO4. The number of hydrogen-bond donors (Lipinski definition) is 0. The number of nitrogens with zero attached hydrogens (tertiary/aromatic N) is 1. The smallest absolute Gasteiger partial charge is 0.207 e. The van der Waals surface area contributed by atoms with Crippen molar-refractivity contribution >= 4 is 21.7 Å². The fourth-order valence-electron chi connectivity index (χ4n) is 5.27. The van der Waals surface area contributed by atoms with Gasteiger partial charge in [-0.25, -0.2) is 0 Å². The number of carbonyl (C=O) groups excluding carboxylic acids is 1. The third kappa shape index (κ3) is 1.73. The lowest BCUT2D eigenvalue weighted by Gasteiger charge is -2.53. The highest BCUT2D eigenvalue weighted by molar-refractivity contribution is 9.10. The molecule has 1 aromatic rings. The van der Waals surface area contributed by atoms with E-state index in [0.29, 0.717) is 5.75 Å². The monoisotopic (exact) mass is 405 g/mol. The maximum absolute atomic E-state index is 13.1. The molecule has 25 heavy (non-hydrogen) atoms. The summed E-state index contributed by atoms with van der Waals surface area (Å²) in [6.07, 6.45) is 2.77. The van der Waals surface area contributed by atoms with E-state index in [0.717, 1.165) is 35.2 Å². The van der Waals surface area contributed by atoms with Crippen LogP contribution in [-0.2, 0) is 21.4 Å². The molecule has 5 nitrogen and oxygen atoms in total. The Labute approximate surface area is 155 Å². The van der Waals surface area contributed by atoms with E-state index in [-0.39, 0.29) is 17.2 Å².